The van der Waals surface area contributed by atoms with E-state index in [-0.39, 0.29) is 13.3 Å². The van der Waals surface area contributed by atoms with Crippen molar-refractivity contribution in [1.82, 2.24) is 14.9 Å². The van der Waals surface area contributed by atoms with Crippen molar-refractivity contribution < 1.29 is 14.3 Å². The van der Waals surface area contributed by atoms with Gasteiger partial charge in [-0.1, -0.05) is 7.43 Å². The number of aromatic nitrogens is 2. The maximum Gasteiger partial charge on any atom is 0.339 e. The van der Waals surface area contributed by atoms with Crippen molar-refractivity contribution in [3.05, 3.63) is 47.9 Å². The lowest BCUT2D eigenvalue weighted by atomic mass is 10.2. The number of piperazine rings is 1. The van der Waals surface area contributed by atoms with Crippen molar-refractivity contribution in [1.29, 1.82) is 0 Å². The molecule has 0 atom stereocenters. The lowest BCUT2D eigenvalue weighted by Crippen LogP contribution is -2.49. The van der Waals surface area contributed by atoms with E-state index < -0.39 is 5.97 Å². The lowest BCUT2D eigenvalue weighted by Gasteiger charge is -2.35. The van der Waals surface area contributed by atoms with Crippen LogP contribution >= 0.6 is 0 Å². The fourth-order valence-electron chi connectivity index (χ4n) is 2.72. The highest BCUT2D eigenvalue weighted by Crippen LogP contribution is 2.21. The SMILES string of the molecule is C.COC(=O)c1ccc(C(=O)N2CCN(c3ncccc3N)CC2)nc1. The quantitative estimate of drug-likeness (QED) is 0.829. The number of esters is 1. The summed E-state index contributed by atoms with van der Waals surface area (Å²) in [6.07, 6.45) is 3.06. The normalized spacial score (nSPS) is 13.7. The molecule has 0 bridgehead atoms. The Morgan fingerprint density at radius 1 is 1.12 bits per heavy atom. The van der Waals surface area contributed by atoms with Gasteiger partial charge in [0.25, 0.3) is 5.91 Å². The van der Waals surface area contributed by atoms with Crippen LogP contribution in [0, 0.1) is 0 Å². The molecule has 3 rings (SSSR count). The zero-order valence-electron chi connectivity index (χ0n) is 13.9. The second-order valence-electron chi connectivity index (χ2n) is 5.62. The number of hydrogen-bond acceptors (Lipinski definition) is 7. The largest absolute Gasteiger partial charge is 0.465 e. The molecule has 1 aliphatic heterocycles. The Morgan fingerprint density at radius 3 is 2.42 bits per heavy atom. The third-order valence-electron chi connectivity index (χ3n) is 4.09. The Morgan fingerprint density at radius 2 is 1.85 bits per heavy atom. The number of amides is 1. The molecule has 8 heteroatoms. The molecule has 0 aliphatic carbocycles. The predicted octanol–water partition coefficient (Wildman–Crippen LogP) is 1.44. The number of nitrogens with two attached hydrogens (primary N) is 1. The fraction of sp³-hybridized carbons (Fsp3) is 0.333. The highest BCUT2D eigenvalue weighted by Gasteiger charge is 2.24. The maximum absolute atomic E-state index is 12.5. The van der Waals surface area contributed by atoms with Crippen LogP contribution in [0.1, 0.15) is 28.3 Å². The summed E-state index contributed by atoms with van der Waals surface area (Å²) < 4.78 is 4.62. The van der Waals surface area contributed by atoms with Crippen molar-refractivity contribution in [3.63, 3.8) is 0 Å². The van der Waals surface area contributed by atoms with Gasteiger partial charge in [-0.25, -0.2) is 9.78 Å². The van der Waals surface area contributed by atoms with E-state index in [2.05, 4.69) is 19.6 Å². The molecule has 1 aliphatic rings. The van der Waals surface area contributed by atoms with E-state index in [0.717, 1.165) is 5.82 Å². The van der Waals surface area contributed by atoms with E-state index in [1.807, 2.05) is 6.07 Å². The summed E-state index contributed by atoms with van der Waals surface area (Å²) in [5, 5.41) is 0. The topological polar surface area (TPSA) is 102 Å². The number of ether oxygens (including phenoxy) is 1. The van der Waals surface area contributed by atoms with Crippen LogP contribution in [0.4, 0.5) is 11.5 Å². The van der Waals surface area contributed by atoms with Crippen molar-refractivity contribution in [2.24, 2.45) is 0 Å². The van der Waals surface area contributed by atoms with Crippen LogP contribution < -0.4 is 10.6 Å². The molecule has 1 amide bonds. The minimum absolute atomic E-state index is 0. The van der Waals surface area contributed by atoms with Crippen LogP contribution in [-0.4, -0.2) is 60.0 Å². The molecule has 2 N–H and O–H groups in total. The summed E-state index contributed by atoms with van der Waals surface area (Å²) in [6, 6.07) is 6.68. The second-order valence-corrected chi connectivity index (χ2v) is 5.62. The van der Waals surface area contributed by atoms with Gasteiger partial charge in [0, 0.05) is 38.6 Å². The average molecular weight is 357 g/mol. The highest BCUT2D eigenvalue weighted by atomic mass is 16.5. The first-order valence-corrected chi connectivity index (χ1v) is 7.89. The molecule has 2 aromatic heterocycles. The number of rotatable bonds is 3. The standard InChI is InChI=1S/C17H19N5O3.CH4/c1-25-17(24)12-4-5-14(20-11-12)16(23)22-9-7-21(8-10-22)15-13(18)3-2-6-19-15;/h2-6,11H,7-10,18H2,1H3;1H4. The van der Waals surface area contributed by atoms with E-state index in [9.17, 15) is 9.59 Å². The van der Waals surface area contributed by atoms with E-state index in [4.69, 9.17) is 5.73 Å². The monoisotopic (exact) mass is 357 g/mol. The maximum atomic E-state index is 12.5. The molecule has 1 saturated heterocycles. The van der Waals surface area contributed by atoms with Gasteiger partial charge in [0.05, 0.1) is 18.4 Å². The molecule has 0 spiro atoms. The Balaban J connectivity index is 0.00000243. The van der Waals surface area contributed by atoms with Gasteiger partial charge in [-0.3, -0.25) is 9.78 Å². The van der Waals surface area contributed by atoms with Crippen LogP contribution in [0.5, 0.6) is 0 Å². The summed E-state index contributed by atoms with van der Waals surface area (Å²) in [5.41, 5.74) is 7.20. The van der Waals surface area contributed by atoms with Crippen molar-refractivity contribution >= 4 is 23.4 Å². The minimum atomic E-state index is -0.479. The van der Waals surface area contributed by atoms with Crippen LogP contribution in [0.15, 0.2) is 36.7 Å². The molecule has 138 valence electrons. The molecule has 1 fully saturated rings. The van der Waals surface area contributed by atoms with E-state index in [1.54, 1.807) is 17.2 Å². The number of pyridine rings is 2. The molecular weight excluding hydrogens is 334 g/mol. The van der Waals surface area contributed by atoms with Crippen molar-refractivity contribution in [2.75, 3.05) is 43.9 Å². The molecule has 0 aromatic carbocycles. The molecule has 8 nitrogen and oxygen atoms in total. The van der Waals surface area contributed by atoms with Gasteiger partial charge in [0.2, 0.25) is 0 Å². The van der Waals surface area contributed by atoms with Crippen LogP contribution in [0.25, 0.3) is 0 Å². The molecule has 26 heavy (non-hydrogen) atoms. The zero-order valence-corrected chi connectivity index (χ0v) is 13.9. The summed E-state index contributed by atoms with van der Waals surface area (Å²) >= 11 is 0. The Hall–Kier alpha value is -3.16. The highest BCUT2D eigenvalue weighted by molar-refractivity contribution is 5.94. The number of anilines is 2. The number of carbonyl (C=O) groups excluding carboxylic acids is 2. The minimum Gasteiger partial charge on any atom is -0.465 e. The molecule has 3 heterocycles. The van der Waals surface area contributed by atoms with Gasteiger partial charge >= 0.3 is 5.97 Å². The van der Waals surface area contributed by atoms with E-state index in [0.29, 0.717) is 43.1 Å². The third kappa shape index (κ3) is 3.90. The second kappa shape index (κ2) is 8.28. The van der Waals surface area contributed by atoms with Crippen LogP contribution in [-0.2, 0) is 4.74 Å². The number of methoxy groups -OCH3 is 1. The predicted molar refractivity (Wildman–Crippen MR) is 99.1 cm³/mol. The Bertz CT molecular complexity index is 771. The van der Waals surface area contributed by atoms with Gasteiger partial charge < -0.3 is 20.3 Å². The number of hydrogen-bond donors (Lipinski definition) is 1. The summed E-state index contributed by atoms with van der Waals surface area (Å²) in [7, 11) is 1.30. The number of nitrogens with zero attached hydrogens (tertiary/aromatic N) is 4. The average Bonchev–Trinajstić information content (AvgIpc) is 2.67. The van der Waals surface area contributed by atoms with Gasteiger partial charge in [-0.2, -0.15) is 0 Å². The van der Waals surface area contributed by atoms with Crippen LogP contribution in [0.3, 0.4) is 0 Å². The van der Waals surface area contributed by atoms with Crippen molar-refractivity contribution in [3.8, 4) is 0 Å². The Kier molecular flexibility index (Phi) is 6.11. The van der Waals surface area contributed by atoms with Gasteiger partial charge in [-0.05, 0) is 24.3 Å². The van der Waals surface area contributed by atoms with Crippen LogP contribution in [0.2, 0.25) is 0 Å². The third-order valence-corrected chi connectivity index (χ3v) is 4.09. The fourth-order valence-corrected chi connectivity index (χ4v) is 2.72. The molecule has 2 aromatic rings. The molecule has 0 unspecified atom stereocenters. The smallest absolute Gasteiger partial charge is 0.339 e. The first-order valence-electron chi connectivity index (χ1n) is 7.89. The first-order chi connectivity index (χ1) is 12.1. The van der Waals surface area contributed by atoms with Gasteiger partial charge in [0.15, 0.2) is 5.82 Å². The zero-order chi connectivity index (χ0) is 17.8. The lowest BCUT2D eigenvalue weighted by molar-refractivity contribution is 0.0599. The van der Waals surface area contributed by atoms with Gasteiger partial charge in [0.1, 0.15) is 5.69 Å². The van der Waals surface area contributed by atoms with E-state index in [1.165, 1.54) is 25.4 Å². The molecule has 0 radical (unpaired) electrons. The summed E-state index contributed by atoms with van der Waals surface area (Å²) in [4.78, 5) is 36.1. The molecule has 0 saturated carbocycles. The number of carbonyl (C=O) groups is 2. The molecular formula is C18H23N5O3. The number of nitrogen functional groups attached to an aromatic ring is 1. The van der Waals surface area contributed by atoms with E-state index >= 15 is 0 Å². The summed E-state index contributed by atoms with van der Waals surface area (Å²) in [6.45, 7) is 2.39. The van der Waals surface area contributed by atoms with Crippen molar-refractivity contribution in [2.45, 2.75) is 7.43 Å². The first kappa shape index (κ1) is 19.2. The van der Waals surface area contributed by atoms with Gasteiger partial charge in [-0.15, -0.1) is 0 Å². The Labute approximate surface area is 152 Å². The summed E-state index contributed by atoms with van der Waals surface area (Å²) in [5.74, 6) is 0.105.